The summed E-state index contributed by atoms with van der Waals surface area (Å²) in [6, 6.07) is 9.98. The van der Waals surface area contributed by atoms with Crippen LogP contribution in [0.1, 0.15) is 19.4 Å². The molecule has 1 heteroatoms. The molecule has 0 saturated heterocycles. The zero-order valence-corrected chi connectivity index (χ0v) is 9.03. The van der Waals surface area contributed by atoms with Crippen LogP contribution in [0, 0.1) is 17.3 Å². The van der Waals surface area contributed by atoms with Crippen molar-refractivity contribution in [3.8, 4) is 0 Å². The fraction of sp³-hybridized carbons (Fsp3) is 0.357. The summed E-state index contributed by atoms with van der Waals surface area (Å²) in [4.78, 5) is 12.1. The summed E-state index contributed by atoms with van der Waals surface area (Å²) < 4.78 is 0. The Morgan fingerprint density at radius 1 is 1.13 bits per heavy atom. The number of hydrogen-bond donors (Lipinski definition) is 0. The third-order valence-corrected chi connectivity index (χ3v) is 3.89. The predicted molar refractivity (Wildman–Crippen MR) is 60.2 cm³/mol. The maximum Gasteiger partial charge on any atom is 0.167 e. The second-order valence-corrected chi connectivity index (χ2v) is 5.14. The fourth-order valence-electron chi connectivity index (χ4n) is 2.77. The lowest BCUT2D eigenvalue weighted by Gasteiger charge is -2.08. The van der Waals surface area contributed by atoms with Crippen molar-refractivity contribution in [3.63, 3.8) is 0 Å². The molecular weight excluding hydrogens is 184 g/mol. The summed E-state index contributed by atoms with van der Waals surface area (Å²) in [7, 11) is 0. The highest BCUT2D eigenvalue weighted by atomic mass is 16.1. The molecule has 1 nitrogen and oxygen atoms in total. The zero-order valence-electron chi connectivity index (χ0n) is 9.03. The average Bonchev–Trinajstić information content (AvgIpc) is 2.58. The monoisotopic (exact) mass is 198 g/mol. The smallest absolute Gasteiger partial charge is 0.167 e. The van der Waals surface area contributed by atoms with E-state index in [2.05, 4.69) is 19.9 Å². The average molecular weight is 198 g/mol. The van der Waals surface area contributed by atoms with Gasteiger partial charge in [0, 0.05) is 11.5 Å². The third kappa shape index (κ3) is 1.06. The van der Waals surface area contributed by atoms with Crippen molar-refractivity contribution in [2.45, 2.75) is 13.8 Å². The lowest BCUT2D eigenvalue weighted by molar-refractivity contribution is -0.115. The van der Waals surface area contributed by atoms with Crippen LogP contribution in [0.4, 0.5) is 0 Å². The second kappa shape index (κ2) is 2.60. The first-order valence-electron chi connectivity index (χ1n) is 5.44. The number of ketones is 1. The molecule has 1 saturated carbocycles. The Morgan fingerprint density at radius 3 is 2.33 bits per heavy atom. The summed E-state index contributed by atoms with van der Waals surface area (Å²) in [6.45, 7) is 4.36. The van der Waals surface area contributed by atoms with Gasteiger partial charge in [-0.15, -0.1) is 0 Å². The van der Waals surface area contributed by atoms with Crippen LogP contribution >= 0.6 is 0 Å². The minimum absolute atomic E-state index is 0.218. The minimum Gasteiger partial charge on any atom is -0.294 e. The summed E-state index contributed by atoms with van der Waals surface area (Å²) in [5, 5.41) is 0. The van der Waals surface area contributed by atoms with Crippen LogP contribution in [0.2, 0.25) is 0 Å². The van der Waals surface area contributed by atoms with E-state index in [9.17, 15) is 4.79 Å². The van der Waals surface area contributed by atoms with Crippen LogP contribution in [0.25, 0.3) is 5.57 Å². The van der Waals surface area contributed by atoms with Crippen molar-refractivity contribution in [1.29, 1.82) is 0 Å². The van der Waals surface area contributed by atoms with E-state index < -0.39 is 0 Å². The highest BCUT2D eigenvalue weighted by molar-refractivity contribution is 6.26. The quantitative estimate of drug-likeness (QED) is 0.678. The molecule has 0 spiro atoms. The highest BCUT2D eigenvalue weighted by Gasteiger charge is 2.64. The summed E-state index contributed by atoms with van der Waals surface area (Å²) in [5.74, 6) is 1.09. The van der Waals surface area contributed by atoms with E-state index in [0.717, 1.165) is 11.1 Å². The SMILES string of the molecule is CC1(C)C2C=C(c3ccccc3)C(=O)C21. The molecule has 15 heavy (non-hydrogen) atoms. The molecule has 0 N–H and O–H groups in total. The highest BCUT2D eigenvalue weighted by Crippen LogP contribution is 2.64. The van der Waals surface area contributed by atoms with E-state index in [1.165, 1.54) is 0 Å². The zero-order chi connectivity index (χ0) is 10.6. The van der Waals surface area contributed by atoms with E-state index in [-0.39, 0.29) is 11.3 Å². The molecule has 2 aliphatic carbocycles. The van der Waals surface area contributed by atoms with Crippen molar-refractivity contribution in [3.05, 3.63) is 42.0 Å². The molecule has 0 bridgehead atoms. The van der Waals surface area contributed by atoms with Gasteiger partial charge < -0.3 is 0 Å². The number of carbonyl (C=O) groups excluding carboxylic acids is 1. The molecule has 0 aliphatic heterocycles. The molecule has 0 aromatic heterocycles. The maximum absolute atomic E-state index is 12.1. The molecule has 2 atom stereocenters. The molecule has 1 fully saturated rings. The van der Waals surface area contributed by atoms with Gasteiger partial charge in [-0.25, -0.2) is 0 Å². The molecule has 0 radical (unpaired) electrons. The first kappa shape index (κ1) is 8.90. The Bertz CT molecular complexity index is 453. The van der Waals surface area contributed by atoms with Gasteiger partial charge in [0.2, 0.25) is 0 Å². The van der Waals surface area contributed by atoms with Crippen molar-refractivity contribution < 1.29 is 4.79 Å². The number of rotatable bonds is 1. The van der Waals surface area contributed by atoms with Gasteiger partial charge in [0.25, 0.3) is 0 Å². The lowest BCUT2D eigenvalue weighted by Crippen LogP contribution is -2.07. The second-order valence-electron chi connectivity index (χ2n) is 5.14. The Hall–Kier alpha value is -1.37. The number of allylic oxidation sites excluding steroid dienone is 2. The molecule has 0 amide bonds. The van der Waals surface area contributed by atoms with Crippen molar-refractivity contribution in [2.75, 3.05) is 0 Å². The van der Waals surface area contributed by atoms with Gasteiger partial charge in [0.1, 0.15) is 0 Å². The Kier molecular flexibility index (Phi) is 1.54. The van der Waals surface area contributed by atoms with Gasteiger partial charge in [0.05, 0.1) is 0 Å². The molecule has 2 aliphatic rings. The minimum atomic E-state index is 0.218. The largest absolute Gasteiger partial charge is 0.294 e. The van der Waals surface area contributed by atoms with Crippen LogP contribution in [-0.4, -0.2) is 5.78 Å². The number of Topliss-reactive ketones (excluding diaryl/α,β-unsaturated/α-hetero) is 1. The first-order chi connectivity index (χ1) is 7.12. The van der Waals surface area contributed by atoms with Crippen LogP contribution in [0.5, 0.6) is 0 Å². The molecule has 2 unspecified atom stereocenters. The molecule has 1 aromatic rings. The van der Waals surface area contributed by atoms with E-state index in [1.807, 2.05) is 30.3 Å². The first-order valence-corrected chi connectivity index (χ1v) is 5.44. The van der Waals surface area contributed by atoms with Crippen molar-refractivity contribution in [2.24, 2.45) is 17.3 Å². The van der Waals surface area contributed by atoms with E-state index in [1.54, 1.807) is 0 Å². The van der Waals surface area contributed by atoms with Gasteiger partial charge in [-0.3, -0.25) is 4.79 Å². The third-order valence-electron chi connectivity index (χ3n) is 3.89. The van der Waals surface area contributed by atoms with Crippen LogP contribution in [0.15, 0.2) is 36.4 Å². The van der Waals surface area contributed by atoms with E-state index >= 15 is 0 Å². The number of carbonyl (C=O) groups is 1. The van der Waals surface area contributed by atoms with Crippen molar-refractivity contribution in [1.82, 2.24) is 0 Å². The standard InChI is InChI=1S/C14H14O/c1-14(2)11-8-10(13(15)12(11)14)9-6-4-3-5-7-9/h3-8,11-12H,1-2H3. The number of fused-ring (bicyclic) bond motifs is 1. The van der Waals surface area contributed by atoms with Gasteiger partial charge in [0.15, 0.2) is 5.78 Å². The Labute approximate surface area is 89.8 Å². The molecular formula is C14H14O. The summed E-state index contributed by atoms with van der Waals surface area (Å²) in [6.07, 6.45) is 2.17. The van der Waals surface area contributed by atoms with Gasteiger partial charge in [-0.05, 0) is 16.9 Å². The normalized spacial score (nSPS) is 31.1. The summed E-state index contributed by atoms with van der Waals surface area (Å²) in [5.41, 5.74) is 2.23. The van der Waals surface area contributed by atoms with E-state index in [4.69, 9.17) is 0 Å². The maximum atomic E-state index is 12.1. The van der Waals surface area contributed by atoms with Gasteiger partial charge >= 0.3 is 0 Å². The molecule has 76 valence electrons. The Balaban J connectivity index is 1.99. The molecule has 1 aromatic carbocycles. The molecule has 3 rings (SSSR count). The fourth-order valence-corrected chi connectivity index (χ4v) is 2.77. The van der Waals surface area contributed by atoms with E-state index in [0.29, 0.717) is 11.7 Å². The van der Waals surface area contributed by atoms with Gasteiger partial charge in [-0.1, -0.05) is 50.3 Å². The topological polar surface area (TPSA) is 17.1 Å². The van der Waals surface area contributed by atoms with Crippen LogP contribution in [0.3, 0.4) is 0 Å². The number of hydrogen-bond acceptors (Lipinski definition) is 1. The van der Waals surface area contributed by atoms with Gasteiger partial charge in [-0.2, -0.15) is 0 Å². The number of benzene rings is 1. The van der Waals surface area contributed by atoms with Crippen molar-refractivity contribution >= 4 is 11.4 Å². The van der Waals surface area contributed by atoms with Crippen LogP contribution in [-0.2, 0) is 4.79 Å². The Morgan fingerprint density at radius 2 is 1.80 bits per heavy atom. The molecule has 0 heterocycles. The van der Waals surface area contributed by atoms with Crippen LogP contribution < -0.4 is 0 Å². The predicted octanol–water partition coefficient (Wildman–Crippen LogP) is 2.92. The lowest BCUT2D eigenvalue weighted by atomic mass is 9.95. The summed E-state index contributed by atoms with van der Waals surface area (Å²) >= 11 is 0.